The fourth-order valence-electron chi connectivity index (χ4n) is 1.54. The Bertz CT molecular complexity index is 233. The van der Waals surface area contributed by atoms with Crippen LogP contribution in [0.2, 0.25) is 0 Å². The normalized spacial score (nSPS) is 20.1. The van der Waals surface area contributed by atoms with Crippen LogP contribution < -0.4 is 10.6 Å². The van der Waals surface area contributed by atoms with Crippen LogP contribution in [0.4, 0.5) is 0 Å². The van der Waals surface area contributed by atoms with Gasteiger partial charge in [-0.25, -0.2) is 0 Å². The fourth-order valence-corrected chi connectivity index (χ4v) is 1.93. The number of hydrogen-bond donors (Lipinski definition) is 2. The molecule has 15 heavy (non-hydrogen) atoms. The van der Waals surface area contributed by atoms with Crippen molar-refractivity contribution >= 4 is 27.7 Å². The molecule has 1 heterocycles. The summed E-state index contributed by atoms with van der Waals surface area (Å²) in [5.41, 5.74) is 0. The number of rotatable bonds is 6. The second-order valence-electron chi connectivity index (χ2n) is 3.75. The van der Waals surface area contributed by atoms with Gasteiger partial charge in [0.25, 0.3) is 0 Å². The second-order valence-corrected chi connectivity index (χ2v) is 4.55. The quantitative estimate of drug-likeness (QED) is 0.561. The molecule has 0 bridgehead atoms. The number of halogens is 1. The molecule has 0 aromatic carbocycles. The molecular weight excluding hydrogens is 260 g/mol. The Morgan fingerprint density at radius 2 is 2.33 bits per heavy atom. The average Bonchev–Trinajstić information content (AvgIpc) is 2.62. The highest BCUT2D eigenvalue weighted by molar-refractivity contribution is 9.09. The maximum absolute atomic E-state index is 11.3. The molecule has 1 saturated heterocycles. The lowest BCUT2D eigenvalue weighted by Gasteiger charge is -2.10. The van der Waals surface area contributed by atoms with Gasteiger partial charge in [0.15, 0.2) is 0 Å². The highest BCUT2D eigenvalue weighted by atomic mass is 79.9. The maximum Gasteiger partial charge on any atom is 0.220 e. The van der Waals surface area contributed by atoms with Crippen molar-refractivity contribution in [3.8, 4) is 0 Å². The number of amides is 2. The summed E-state index contributed by atoms with van der Waals surface area (Å²) in [4.78, 5) is 22.2. The van der Waals surface area contributed by atoms with Gasteiger partial charge in [0.1, 0.15) is 0 Å². The third-order valence-electron chi connectivity index (χ3n) is 2.42. The molecule has 0 aromatic rings. The molecule has 1 unspecified atom stereocenters. The van der Waals surface area contributed by atoms with Gasteiger partial charge in [0.2, 0.25) is 11.8 Å². The molecule has 1 aliphatic rings. The number of alkyl halides is 1. The first-order chi connectivity index (χ1) is 7.22. The number of unbranched alkanes of at least 4 members (excludes halogenated alkanes) is 1. The van der Waals surface area contributed by atoms with Gasteiger partial charge in [-0.2, -0.15) is 0 Å². The lowest BCUT2D eigenvalue weighted by Crippen LogP contribution is -2.38. The Labute approximate surface area is 98.3 Å². The van der Waals surface area contributed by atoms with Crippen LogP contribution in [0.5, 0.6) is 0 Å². The molecule has 86 valence electrons. The Balaban J connectivity index is 2.03. The largest absolute Gasteiger partial charge is 0.354 e. The van der Waals surface area contributed by atoms with E-state index in [0.717, 1.165) is 24.6 Å². The number of nitrogens with one attached hydrogen (secondary N) is 2. The second kappa shape index (κ2) is 6.82. The van der Waals surface area contributed by atoms with Crippen molar-refractivity contribution in [3.63, 3.8) is 0 Å². The van der Waals surface area contributed by atoms with Crippen LogP contribution in [0.1, 0.15) is 32.1 Å². The van der Waals surface area contributed by atoms with Crippen molar-refractivity contribution in [2.24, 2.45) is 0 Å². The summed E-state index contributed by atoms with van der Waals surface area (Å²) in [7, 11) is 0. The minimum absolute atomic E-state index is 0.0806. The number of carbonyl (C=O) groups excluding carboxylic acids is 2. The molecule has 4 nitrogen and oxygen atoms in total. The summed E-state index contributed by atoms with van der Waals surface area (Å²) in [6.45, 7) is 0.568. The van der Waals surface area contributed by atoms with Crippen LogP contribution in [0.25, 0.3) is 0 Å². The molecule has 2 amide bonds. The Morgan fingerprint density at radius 1 is 1.53 bits per heavy atom. The molecule has 1 fully saturated rings. The number of carbonyl (C=O) groups is 2. The molecule has 1 rings (SSSR count). The topological polar surface area (TPSA) is 58.2 Å². The van der Waals surface area contributed by atoms with Crippen LogP contribution in [-0.2, 0) is 9.59 Å². The highest BCUT2D eigenvalue weighted by Gasteiger charge is 2.20. The van der Waals surface area contributed by atoms with Crippen molar-refractivity contribution in [1.82, 2.24) is 10.6 Å². The standard InChI is InChI=1S/C10H17BrN2O2/c11-6-2-1-3-9(14)12-7-8-4-5-10(15)13-8/h8H,1-7H2,(H,12,14)(H,13,15). The van der Waals surface area contributed by atoms with E-state index < -0.39 is 0 Å². The van der Waals surface area contributed by atoms with E-state index in [9.17, 15) is 9.59 Å². The predicted octanol–water partition coefficient (Wildman–Crippen LogP) is 0.946. The molecular formula is C10H17BrN2O2. The van der Waals surface area contributed by atoms with E-state index in [2.05, 4.69) is 26.6 Å². The van der Waals surface area contributed by atoms with Crippen LogP contribution in [-0.4, -0.2) is 29.7 Å². The van der Waals surface area contributed by atoms with Crippen molar-refractivity contribution in [3.05, 3.63) is 0 Å². The summed E-state index contributed by atoms with van der Waals surface area (Å²) in [6.07, 6.45) is 3.93. The third-order valence-corrected chi connectivity index (χ3v) is 2.98. The molecule has 1 atom stereocenters. The van der Waals surface area contributed by atoms with Crippen LogP contribution in [0.15, 0.2) is 0 Å². The molecule has 0 saturated carbocycles. The monoisotopic (exact) mass is 276 g/mol. The third kappa shape index (κ3) is 5.16. The van der Waals surface area contributed by atoms with Crippen molar-refractivity contribution < 1.29 is 9.59 Å². The first-order valence-electron chi connectivity index (χ1n) is 5.34. The minimum atomic E-state index is 0.0806. The first-order valence-corrected chi connectivity index (χ1v) is 6.46. The van der Waals surface area contributed by atoms with Gasteiger partial charge in [-0.05, 0) is 19.3 Å². The van der Waals surface area contributed by atoms with E-state index in [1.54, 1.807) is 0 Å². The van der Waals surface area contributed by atoms with Gasteiger partial charge in [-0.3, -0.25) is 9.59 Å². The first kappa shape index (κ1) is 12.5. The SMILES string of the molecule is O=C(CCCCBr)NCC1CCC(=O)N1. The maximum atomic E-state index is 11.3. The summed E-state index contributed by atoms with van der Waals surface area (Å²) in [5.74, 6) is 0.172. The van der Waals surface area contributed by atoms with Gasteiger partial charge < -0.3 is 10.6 Å². The molecule has 2 N–H and O–H groups in total. The molecule has 1 aliphatic heterocycles. The van der Waals surface area contributed by atoms with Gasteiger partial charge in [-0.15, -0.1) is 0 Å². The number of hydrogen-bond acceptors (Lipinski definition) is 2. The average molecular weight is 277 g/mol. The van der Waals surface area contributed by atoms with E-state index in [-0.39, 0.29) is 17.9 Å². The van der Waals surface area contributed by atoms with Crippen molar-refractivity contribution in [2.45, 2.75) is 38.1 Å². The van der Waals surface area contributed by atoms with Gasteiger partial charge in [-0.1, -0.05) is 15.9 Å². The predicted molar refractivity (Wildman–Crippen MR) is 61.8 cm³/mol. The van der Waals surface area contributed by atoms with E-state index in [4.69, 9.17) is 0 Å². The van der Waals surface area contributed by atoms with E-state index in [1.807, 2.05) is 0 Å². The van der Waals surface area contributed by atoms with Gasteiger partial charge in [0.05, 0.1) is 0 Å². The Kier molecular flexibility index (Phi) is 5.68. The van der Waals surface area contributed by atoms with Crippen molar-refractivity contribution in [2.75, 3.05) is 11.9 Å². The Morgan fingerprint density at radius 3 is 2.93 bits per heavy atom. The zero-order chi connectivity index (χ0) is 11.1. The van der Waals surface area contributed by atoms with E-state index in [0.29, 0.717) is 19.4 Å². The van der Waals surface area contributed by atoms with Crippen LogP contribution in [0, 0.1) is 0 Å². The summed E-state index contributed by atoms with van der Waals surface area (Å²) >= 11 is 3.32. The van der Waals surface area contributed by atoms with E-state index >= 15 is 0 Å². The zero-order valence-electron chi connectivity index (χ0n) is 8.72. The Hall–Kier alpha value is -0.580. The fraction of sp³-hybridized carbons (Fsp3) is 0.800. The molecule has 0 radical (unpaired) electrons. The molecule has 0 aliphatic carbocycles. The summed E-state index contributed by atoms with van der Waals surface area (Å²) in [5, 5.41) is 6.59. The zero-order valence-corrected chi connectivity index (χ0v) is 10.3. The van der Waals surface area contributed by atoms with Gasteiger partial charge in [0, 0.05) is 30.8 Å². The van der Waals surface area contributed by atoms with E-state index in [1.165, 1.54) is 0 Å². The smallest absolute Gasteiger partial charge is 0.220 e. The van der Waals surface area contributed by atoms with Crippen molar-refractivity contribution in [1.29, 1.82) is 0 Å². The summed E-state index contributed by atoms with van der Waals surface area (Å²) < 4.78 is 0. The highest BCUT2D eigenvalue weighted by Crippen LogP contribution is 2.05. The summed E-state index contributed by atoms with van der Waals surface area (Å²) in [6, 6.07) is 0.137. The lowest BCUT2D eigenvalue weighted by molar-refractivity contribution is -0.122. The van der Waals surface area contributed by atoms with Crippen LogP contribution in [0.3, 0.4) is 0 Å². The molecule has 0 spiro atoms. The molecule has 0 aromatic heterocycles. The van der Waals surface area contributed by atoms with Gasteiger partial charge >= 0.3 is 0 Å². The van der Waals surface area contributed by atoms with Crippen LogP contribution >= 0.6 is 15.9 Å². The molecule has 5 heteroatoms. The lowest BCUT2D eigenvalue weighted by atomic mass is 10.2. The minimum Gasteiger partial charge on any atom is -0.354 e.